The van der Waals surface area contributed by atoms with E-state index in [1.165, 1.54) is 25.0 Å². The van der Waals surface area contributed by atoms with Gasteiger partial charge in [0.25, 0.3) is 0 Å². The summed E-state index contributed by atoms with van der Waals surface area (Å²) >= 11 is 0. The summed E-state index contributed by atoms with van der Waals surface area (Å²) in [7, 11) is 2.68. The molecule has 0 saturated heterocycles. The number of aromatic amines is 1. The predicted octanol–water partition coefficient (Wildman–Crippen LogP) is 3.00. The van der Waals surface area contributed by atoms with Crippen LogP contribution in [-0.2, 0) is 19.7 Å². The Hall–Kier alpha value is -0.623. The summed E-state index contributed by atoms with van der Waals surface area (Å²) in [6.07, 6.45) is 7.88. The second-order valence-electron chi connectivity index (χ2n) is 4.40. The predicted molar refractivity (Wildman–Crippen MR) is 74.6 cm³/mol. The highest BCUT2D eigenvalue weighted by atomic mass is 28.4. The highest BCUT2D eigenvalue weighted by Gasteiger charge is 2.36. The molecule has 0 aliphatic carbocycles. The summed E-state index contributed by atoms with van der Waals surface area (Å²) in [5, 5.41) is 0. The SMILES string of the molecule is CO[Si](CCCCCCc1ccc[nH]1)(OC)OC. The zero-order valence-corrected chi connectivity index (χ0v) is 12.7. The molecule has 1 aromatic heterocycles. The van der Waals surface area contributed by atoms with Crippen LogP contribution in [0.5, 0.6) is 0 Å². The zero-order chi connectivity index (χ0) is 13.3. The average molecular weight is 271 g/mol. The van der Waals surface area contributed by atoms with E-state index >= 15 is 0 Å². The number of rotatable bonds is 10. The second-order valence-corrected chi connectivity index (χ2v) is 7.50. The number of H-pyrrole nitrogens is 1. The van der Waals surface area contributed by atoms with Crippen molar-refractivity contribution in [3.05, 3.63) is 24.0 Å². The highest BCUT2D eigenvalue weighted by Crippen LogP contribution is 2.18. The van der Waals surface area contributed by atoms with Crippen LogP contribution in [0.3, 0.4) is 0 Å². The van der Waals surface area contributed by atoms with Crippen molar-refractivity contribution in [1.82, 2.24) is 4.98 Å². The van der Waals surface area contributed by atoms with Crippen LogP contribution in [0.15, 0.2) is 18.3 Å². The second kappa shape index (κ2) is 8.47. The quantitative estimate of drug-likeness (QED) is 0.525. The summed E-state index contributed by atoms with van der Waals surface area (Å²) in [5.41, 5.74) is 1.32. The van der Waals surface area contributed by atoms with E-state index in [1.54, 1.807) is 21.3 Å². The maximum absolute atomic E-state index is 5.39. The molecule has 0 aliphatic heterocycles. The first kappa shape index (κ1) is 15.4. The molecule has 1 N–H and O–H groups in total. The smallest absolute Gasteiger partial charge is 0.377 e. The van der Waals surface area contributed by atoms with Crippen LogP contribution in [0.1, 0.15) is 31.4 Å². The van der Waals surface area contributed by atoms with Crippen molar-refractivity contribution in [1.29, 1.82) is 0 Å². The Kier molecular flexibility index (Phi) is 7.27. The van der Waals surface area contributed by atoms with Gasteiger partial charge in [0.05, 0.1) is 0 Å². The molecule has 0 amide bonds. The van der Waals surface area contributed by atoms with Crippen molar-refractivity contribution in [3.63, 3.8) is 0 Å². The first-order valence-corrected chi connectivity index (χ1v) is 8.47. The van der Waals surface area contributed by atoms with E-state index in [9.17, 15) is 0 Å². The van der Waals surface area contributed by atoms with Gasteiger partial charge < -0.3 is 18.3 Å². The Bertz CT molecular complexity index is 291. The fourth-order valence-corrected chi connectivity index (χ4v) is 3.89. The molecular weight excluding hydrogens is 246 g/mol. The fraction of sp³-hybridized carbons (Fsp3) is 0.692. The lowest BCUT2D eigenvalue weighted by Crippen LogP contribution is -2.42. The Labute approximate surface area is 111 Å². The molecule has 1 aromatic rings. The topological polar surface area (TPSA) is 43.5 Å². The molecule has 104 valence electrons. The normalized spacial score (nSPS) is 11.9. The maximum Gasteiger partial charge on any atom is 0.500 e. The molecule has 1 heterocycles. The van der Waals surface area contributed by atoms with E-state index in [1.807, 2.05) is 12.3 Å². The number of hydrogen-bond acceptors (Lipinski definition) is 3. The van der Waals surface area contributed by atoms with Crippen LogP contribution in [0.25, 0.3) is 0 Å². The van der Waals surface area contributed by atoms with Gasteiger partial charge in [-0.25, -0.2) is 0 Å². The van der Waals surface area contributed by atoms with Gasteiger partial charge in [0, 0.05) is 39.3 Å². The minimum atomic E-state index is -2.34. The lowest BCUT2D eigenvalue weighted by molar-refractivity contribution is 0.122. The van der Waals surface area contributed by atoms with Crippen molar-refractivity contribution in [2.24, 2.45) is 0 Å². The molecular formula is C13H25NO3Si. The molecule has 0 aromatic carbocycles. The van der Waals surface area contributed by atoms with Crippen molar-refractivity contribution in [3.8, 4) is 0 Å². The van der Waals surface area contributed by atoms with Gasteiger partial charge >= 0.3 is 8.80 Å². The lowest BCUT2D eigenvalue weighted by Gasteiger charge is -2.24. The van der Waals surface area contributed by atoms with Crippen LogP contribution >= 0.6 is 0 Å². The molecule has 18 heavy (non-hydrogen) atoms. The lowest BCUT2D eigenvalue weighted by atomic mass is 10.1. The minimum absolute atomic E-state index is 0.902. The molecule has 0 spiro atoms. The van der Waals surface area contributed by atoms with Crippen molar-refractivity contribution in [2.75, 3.05) is 21.3 Å². The summed E-state index contributed by atoms with van der Waals surface area (Å²) in [6, 6.07) is 5.09. The van der Waals surface area contributed by atoms with Crippen molar-refractivity contribution in [2.45, 2.75) is 38.1 Å². The van der Waals surface area contributed by atoms with Crippen LogP contribution in [0.4, 0.5) is 0 Å². The molecule has 0 saturated carbocycles. The van der Waals surface area contributed by atoms with Gasteiger partial charge in [-0.15, -0.1) is 0 Å². The van der Waals surface area contributed by atoms with Crippen molar-refractivity contribution >= 4 is 8.80 Å². The molecule has 0 bridgehead atoms. The van der Waals surface area contributed by atoms with Gasteiger partial charge in [-0.2, -0.15) is 0 Å². The Morgan fingerprint density at radius 1 is 1.00 bits per heavy atom. The van der Waals surface area contributed by atoms with Gasteiger partial charge in [0.1, 0.15) is 0 Å². The third-order valence-electron chi connectivity index (χ3n) is 3.27. The van der Waals surface area contributed by atoms with E-state index in [4.69, 9.17) is 13.3 Å². The van der Waals surface area contributed by atoms with Crippen molar-refractivity contribution < 1.29 is 13.3 Å². The molecule has 0 unspecified atom stereocenters. The molecule has 0 atom stereocenters. The van der Waals surface area contributed by atoms with Gasteiger partial charge in [-0.05, 0) is 31.4 Å². The third kappa shape index (κ3) is 4.94. The van der Waals surface area contributed by atoms with E-state index in [0.29, 0.717) is 0 Å². The number of aromatic nitrogens is 1. The Morgan fingerprint density at radius 3 is 2.22 bits per heavy atom. The van der Waals surface area contributed by atoms with Crippen LogP contribution in [-0.4, -0.2) is 35.1 Å². The number of aryl methyl sites for hydroxylation is 1. The monoisotopic (exact) mass is 271 g/mol. The summed E-state index contributed by atoms with van der Waals surface area (Å²) in [6.45, 7) is 0. The number of unbranched alkanes of at least 4 members (excludes halogenated alkanes) is 3. The first-order valence-electron chi connectivity index (χ1n) is 6.54. The largest absolute Gasteiger partial charge is 0.500 e. The summed E-state index contributed by atoms with van der Waals surface area (Å²) < 4.78 is 16.2. The Morgan fingerprint density at radius 2 is 1.67 bits per heavy atom. The molecule has 5 heteroatoms. The van der Waals surface area contributed by atoms with Crippen LogP contribution in [0.2, 0.25) is 6.04 Å². The molecule has 0 aliphatic rings. The van der Waals surface area contributed by atoms with Gasteiger partial charge in [-0.1, -0.05) is 12.8 Å². The van der Waals surface area contributed by atoms with E-state index in [0.717, 1.165) is 18.9 Å². The molecule has 0 fully saturated rings. The highest BCUT2D eigenvalue weighted by molar-refractivity contribution is 6.60. The van der Waals surface area contributed by atoms with Crippen LogP contribution < -0.4 is 0 Å². The van der Waals surface area contributed by atoms with E-state index in [-0.39, 0.29) is 0 Å². The number of hydrogen-bond donors (Lipinski definition) is 1. The minimum Gasteiger partial charge on any atom is -0.377 e. The van der Waals surface area contributed by atoms with Gasteiger partial charge in [0.2, 0.25) is 0 Å². The molecule has 1 rings (SSSR count). The van der Waals surface area contributed by atoms with Crippen LogP contribution in [0, 0.1) is 0 Å². The molecule has 0 radical (unpaired) electrons. The Balaban J connectivity index is 2.07. The van der Waals surface area contributed by atoms with E-state index < -0.39 is 8.80 Å². The number of nitrogens with one attached hydrogen (secondary N) is 1. The van der Waals surface area contributed by atoms with E-state index in [2.05, 4.69) is 11.1 Å². The summed E-state index contributed by atoms with van der Waals surface area (Å²) in [4.78, 5) is 3.23. The average Bonchev–Trinajstić information content (AvgIpc) is 2.92. The first-order chi connectivity index (χ1) is 8.76. The maximum atomic E-state index is 5.39. The van der Waals surface area contributed by atoms with Gasteiger partial charge in [0.15, 0.2) is 0 Å². The fourth-order valence-electron chi connectivity index (χ4n) is 2.09. The zero-order valence-electron chi connectivity index (χ0n) is 11.7. The molecule has 4 nitrogen and oxygen atoms in total. The van der Waals surface area contributed by atoms with Gasteiger partial charge in [-0.3, -0.25) is 0 Å². The standard InChI is InChI=1S/C13H25NO3Si/c1-15-18(16-2,17-3)12-7-5-4-6-9-13-10-8-11-14-13/h8,10-11,14H,4-7,9,12H2,1-3H3. The summed E-state index contributed by atoms with van der Waals surface area (Å²) in [5.74, 6) is 0. The third-order valence-corrected chi connectivity index (χ3v) is 6.11.